The minimum absolute atomic E-state index is 0.159. The molecule has 0 heterocycles. The SMILES string of the molecule is CC1CCCC(C(O)C(C)C(C)C(=O)O)C1. The van der Waals surface area contributed by atoms with Gasteiger partial charge in [-0.2, -0.15) is 0 Å². The largest absolute Gasteiger partial charge is 0.481 e. The molecule has 5 atom stereocenters. The van der Waals surface area contributed by atoms with Crippen LogP contribution in [0.1, 0.15) is 46.5 Å². The lowest BCUT2D eigenvalue weighted by atomic mass is 9.74. The Morgan fingerprint density at radius 1 is 1.31 bits per heavy atom. The average molecular weight is 228 g/mol. The number of carbonyl (C=O) groups is 1. The van der Waals surface area contributed by atoms with Crippen molar-refractivity contribution in [1.29, 1.82) is 0 Å². The zero-order valence-electron chi connectivity index (χ0n) is 10.5. The van der Waals surface area contributed by atoms with Crippen LogP contribution in [-0.4, -0.2) is 22.3 Å². The van der Waals surface area contributed by atoms with Crippen LogP contribution in [0.3, 0.4) is 0 Å². The smallest absolute Gasteiger partial charge is 0.306 e. The number of aliphatic hydroxyl groups excluding tert-OH is 1. The third kappa shape index (κ3) is 3.21. The van der Waals surface area contributed by atoms with Crippen LogP contribution < -0.4 is 0 Å². The molecule has 1 saturated carbocycles. The van der Waals surface area contributed by atoms with Crippen LogP contribution in [0.4, 0.5) is 0 Å². The highest BCUT2D eigenvalue weighted by Gasteiger charge is 2.33. The summed E-state index contributed by atoms with van der Waals surface area (Å²) in [7, 11) is 0. The van der Waals surface area contributed by atoms with E-state index in [-0.39, 0.29) is 5.92 Å². The van der Waals surface area contributed by atoms with Gasteiger partial charge < -0.3 is 10.2 Å². The van der Waals surface area contributed by atoms with Crippen molar-refractivity contribution >= 4 is 5.97 Å². The zero-order chi connectivity index (χ0) is 12.3. The monoisotopic (exact) mass is 228 g/mol. The maximum Gasteiger partial charge on any atom is 0.306 e. The quantitative estimate of drug-likeness (QED) is 0.777. The highest BCUT2D eigenvalue weighted by Crippen LogP contribution is 2.34. The van der Waals surface area contributed by atoms with Crippen molar-refractivity contribution in [2.24, 2.45) is 23.7 Å². The molecule has 0 aromatic rings. The Bertz CT molecular complexity index is 239. The van der Waals surface area contributed by atoms with Gasteiger partial charge in [-0.05, 0) is 30.6 Å². The van der Waals surface area contributed by atoms with Crippen molar-refractivity contribution in [2.75, 3.05) is 0 Å². The van der Waals surface area contributed by atoms with Gasteiger partial charge in [-0.1, -0.05) is 33.6 Å². The second kappa shape index (κ2) is 5.67. The van der Waals surface area contributed by atoms with Crippen LogP contribution >= 0.6 is 0 Å². The lowest BCUT2D eigenvalue weighted by Crippen LogP contribution is -2.36. The highest BCUT2D eigenvalue weighted by atomic mass is 16.4. The minimum Gasteiger partial charge on any atom is -0.481 e. The molecule has 2 N–H and O–H groups in total. The lowest BCUT2D eigenvalue weighted by Gasteiger charge is -2.34. The minimum atomic E-state index is -0.810. The van der Waals surface area contributed by atoms with Gasteiger partial charge in [0.25, 0.3) is 0 Å². The topological polar surface area (TPSA) is 57.5 Å². The fourth-order valence-electron chi connectivity index (χ4n) is 2.74. The Hall–Kier alpha value is -0.570. The van der Waals surface area contributed by atoms with Gasteiger partial charge in [0.1, 0.15) is 0 Å². The first-order chi connectivity index (χ1) is 7.43. The summed E-state index contributed by atoms with van der Waals surface area (Å²) in [6.45, 7) is 5.75. The van der Waals surface area contributed by atoms with Crippen LogP contribution in [-0.2, 0) is 4.79 Å². The Morgan fingerprint density at radius 2 is 1.94 bits per heavy atom. The molecule has 0 bridgehead atoms. The van der Waals surface area contributed by atoms with Gasteiger partial charge in [0.15, 0.2) is 0 Å². The third-order valence-electron chi connectivity index (χ3n) is 4.18. The van der Waals surface area contributed by atoms with E-state index in [4.69, 9.17) is 5.11 Å². The summed E-state index contributed by atoms with van der Waals surface area (Å²) in [5.41, 5.74) is 0. The molecule has 0 saturated heterocycles. The number of rotatable bonds is 4. The normalized spacial score (nSPS) is 31.8. The first-order valence-electron chi connectivity index (χ1n) is 6.34. The van der Waals surface area contributed by atoms with E-state index in [0.717, 1.165) is 19.3 Å². The van der Waals surface area contributed by atoms with E-state index in [1.807, 2.05) is 6.92 Å². The predicted molar refractivity (Wildman–Crippen MR) is 63.1 cm³/mol. The zero-order valence-corrected chi connectivity index (χ0v) is 10.5. The van der Waals surface area contributed by atoms with Crippen LogP contribution in [0.2, 0.25) is 0 Å². The van der Waals surface area contributed by atoms with E-state index < -0.39 is 18.0 Å². The van der Waals surface area contributed by atoms with Crippen LogP contribution in [0.5, 0.6) is 0 Å². The van der Waals surface area contributed by atoms with Gasteiger partial charge in [-0.25, -0.2) is 0 Å². The summed E-state index contributed by atoms with van der Waals surface area (Å²) in [4.78, 5) is 10.9. The van der Waals surface area contributed by atoms with Crippen LogP contribution in [0.25, 0.3) is 0 Å². The van der Waals surface area contributed by atoms with E-state index in [2.05, 4.69) is 6.92 Å². The molecule has 1 rings (SSSR count). The molecule has 94 valence electrons. The van der Waals surface area contributed by atoms with E-state index in [9.17, 15) is 9.90 Å². The van der Waals surface area contributed by atoms with Gasteiger partial charge in [0.2, 0.25) is 0 Å². The van der Waals surface area contributed by atoms with E-state index >= 15 is 0 Å². The van der Waals surface area contributed by atoms with Gasteiger partial charge in [-0.3, -0.25) is 4.79 Å². The fraction of sp³-hybridized carbons (Fsp3) is 0.923. The number of carboxylic acid groups (broad SMARTS) is 1. The molecule has 0 amide bonds. The Morgan fingerprint density at radius 3 is 2.44 bits per heavy atom. The maximum atomic E-state index is 10.9. The molecule has 0 aliphatic heterocycles. The van der Waals surface area contributed by atoms with Gasteiger partial charge in [0.05, 0.1) is 12.0 Å². The van der Waals surface area contributed by atoms with Gasteiger partial charge in [-0.15, -0.1) is 0 Å². The van der Waals surface area contributed by atoms with Crippen molar-refractivity contribution in [1.82, 2.24) is 0 Å². The lowest BCUT2D eigenvalue weighted by molar-refractivity contribution is -0.145. The van der Waals surface area contributed by atoms with Crippen molar-refractivity contribution < 1.29 is 15.0 Å². The number of hydrogen-bond donors (Lipinski definition) is 2. The Balaban J connectivity index is 2.55. The molecule has 1 aliphatic carbocycles. The highest BCUT2D eigenvalue weighted by molar-refractivity contribution is 5.69. The van der Waals surface area contributed by atoms with E-state index in [0.29, 0.717) is 11.8 Å². The van der Waals surface area contributed by atoms with Crippen molar-refractivity contribution in [3.63, 3.8) is 0 Å². The number of aliphatic hydroxyl groups is 1. The van der Waals surface area contributed by atoms with Gasteiger partial charge in [0, 0.05) is 0 Å². The Kier molecular flexibility index (Phi) is 4.78. The summed E-state index contributed by atoms with van der Waals surface area (Å²) in [5.74, 6) is -0.475. The van der Waals surface area contributed by atoms with E-state index in [1.165, 1.54) is 6.42 Å². The van der Waals surface area contributed by atoms with E-state index in [1.54, 1.807) is 6.92 Å². The van der Waals surface area contributed by atoms with Crippen molar-refractivity contribution in [3.05, 3.63) is 0 Å². The van der Waals surface area contributed by atoms with Crippen LogP contribution in [0, 0.1) is 23.7 Å². The summed E-state index contributed by atoms with van der Waals surface area (Å²) >= 11 is 0. The molecule has 3 nitrogen and oxygen atoms in total. The molecular weight excluding hydrogens is 204 g/mol. The molecular formula is C13H24O3. The summed E-state index contributed by atoms with van der Waals surface area (Å²) < 4.78 is 0. The standard InChI is InChI=1S/C13H24O3/c1-8-5-4-6-11(7-8)12(14)9(2)10(3)13(15)16/h8-12,14H,4-7H2,1-3H3,(H,15,16). The van der Waals surface area contributed by atoms with Crippen molar-refractivity contribution in [3.8, 4) is 0 Å². The molecule has 1 aliphatic rings. The fourth-order valence-corrected chi connectivity index (χ4v) is 2.74. The Labute approximate surface area is 97.9 Å². The second-order valence-electron chi connectivity index (χ2n) is 5.51. The second-order valence-corrected chi connectivity index (χ2v) is 5.51. The first-order valence-corrected chi connectivity index (χ1v) is 6.34. The predicted octanol–water partition coefficient (Wildman–Crippen LogP) is 2.53. The average Bonchev–Trinajstić information content (AvgIpc) is 2.26. The molecule has 0 spiro atoms. The number of carboxylic acids is 1. The summed E-state index contributed by atoms with van der Waals surface area (Å²) in [6.07, 6.45) is 4.03. The number of hydrogen-bond acceptors (Lipinski definition) is 2. The molecule has 1 fully saturated rings. The molecule has 0 radical (unpaired) electrons. The molecule has 5 unspecified atom stereocenters. The first kappa shape index (κ1) is 13.5. The molecule has 0 aromatic carbocycles. The molecule has 0 aromatic heterocycles. The van der Waals surface area contributed by atoms with Crippen molar-refractivity contribution in [2.45, 2.75) is 52.6 Å². The molecule has 16 heavy (non-hydrogen) atoms. The summed E-state index contributed by atoms with van der Waals surface area (Å²) in [6, 6.07) is 0. The van der Waals surface area contributed by atoms with Crippen LogP contribution in [0.15, 0.2) is 0 Å². The summed E-state index contributed by atoms with van der Waals surface area (Å²) in [5, 5.41) is 19.2. The maximum absolute atomic E-state index is 10.9. The third-order valence-corrected chi connectivity index (χ3v) is 4.18. The van der Waals surface area contributed by atoms with Gasteiger partial charge >= 0.3 is 5.97 Å². The number of aliphatic carboxylic acids is 1. The molecule has 3 heteroatoms.